The minimum absolute atomic E-state index is 0.123. The third kappa shape index (κ3) is 2.98. The van der Waals surface area contributed by atoms with Crippen molar-refractivity contribution in [2.24, 2.45) is 17.8 Å². The van der Waals surface area contributed by atoms with Crippen LogP contribution in [0.2, 0.25) is 0 Å². The van der Waals surface area contributed by atoms with Gasteiger partial charge in [0, 0.05) is 19.5 Å². The van der Waals surface area contributed by atoms with Crippen LogP contribution < -0.4 is 10.6 Å². The molecule has 4 aliphatic rings. The van der Waals surface area contributed by atoms with Crippen LogP contribution in [-0.2, 0) is 16.1 Å². The molecule has 3 heterocycles. The quantitative estimate of drug-likeness (QED) is 0.679. The fourth-order valence-electron chi connectivity index (χ4n) is 5.25. The van der Waals surface area contributed by atoms with Crippen molar-refractivity contribution >= 4 is 23.6 Å². The van der Waals surface area contributed by atoms with E-state index in [0.717, 1.165) is 41.9 Å². The van der Waals surface area contributed by atoms with Crippen molar-refractivity contribution in [2.75, 3.05) is 26.7 Å². The van der Waals surface area contributed by atoms with Crippen molar-refractivity contribution in [3.8, 4) is 0 Å². The Morgan fingerprint density at radius 3 is 2.59 bits per heavy atom. The third-order valence-electron chi connectivity index (χ3n) is 6.79. The van der Waals surface area contributed by atoms with Crippen molar-refractivity contribution in [2.45, 2.75) is 25.4 Å². The monoisotopic (exact) mass is 396 g/mol. The second kappa shape index (κ2) is 6.74. The molecule has 3 aliphatic heterocycles. The highest BCUT2D eigenvalue weighted by Crippen LogP contribution is 2.48. The number of carbonyl (C=O) groups is 4. The third-order valence-corrected chi connectivity index (χ3v) is 6.79. The van der Waals surface area contributed by atoms with Crippen molar-refractivity contribution in [1.29, 1.82) is 0 Å². The lowest BCUT2D eigenvalue weighted by molar-refractivity contribution is -0.136. The van der Waals surface area contributed by atoms with Gasteiger partial charge in [-0.25, -0.2) is 0 Å². The highest BCUT2D eigenvalue weighted by molar-refractivity contribution is 6.24. The van der Waals surface area contributed by atoms with Crippen molar-refractivity contribution in [3.63, 3.8) is 0 Å². The summed E-state index contributed by atoms with van der Waals surface area (Å²) in [7, 11) is 2.04. The van der Waals surface area contributed by atoms with Crippen LogP contribution >= 0.6 is 0 Å². The van der Waals surface area contributed by atoms with Gasteiger partial charge in [0.05, 0.1) is 11.1 Å². The first kappa shape index (κ1) is 18.4. The minimum atomic E-state index is -0.927. The van der Waals surface area contributed by atoms with E-state index in [4.69, 9.17) is 0 Å². The molecule has 0 bridgehead atoms. The Morgan fingerprint density at radius 1 is 1.10 bits per heavy atom. The van der Waals surface area contributed by atoms with Gasteiger partial charge < -0.3 is 10.2 Å². The Labute approximate surface area is 168 Å². The standard InChI is InChI=1S/C21H24N4O4/c1-24(10-15-13-7-22-8-14(13)15)9-11-3-2-4-12-18(11)21(29)25(20(12)28)16-5-6-17(26)23-19(16)27/h2-4,13-16,22H,5-10H2,1H3,(H,23,26,27)/t13-,14+,15?,16?. The summed E-state index contributed by atoms with van der Waals surface area (Å²) in [4.78, 5) is 53.0. The summed E-state index contributed by atoms with van der Waals surface area (Å²) >= 11 is 0. The van der Waals surface area contributed by atoms with Crippen LogP contribution in [0.4, 0.5) is 0 Å². The van der Waals surface area contributed by atoms with Gasteiger partial charge in [0.2, 0.25) is 11.8 Å². The van der Waals surface area contributed by atoms with Crippen molar-refractivity contribution in [1.82, 2.24) is 20.4 Å². The summed E-state index contributed by atoms with van der Waals surface area (Å²) in [6.07, 6.45) is 0.294. The molecule has 1 aromatic carbocycles. The SMILES string of the molecule is CN(Cc1cccc2c1C(=O)N(C1CCC(=O)NC1=O)C2=O)CC1[C@H]2CNC[C@@H]12. The molecular formula is C21H24N4O4. The van der Waals surface area contributed by atoms with Crippen LogP contribution in [0.25, 0.3) is 0 Å². The number of nitrogens with one attached hydrogen (secondary N) is 2. The van der Waals surface area contributed by atoms with Gasteiger partial charge >= 0.3 is 0 Å². The van der Waals surface area contributed by atoms with Crippen LogP contribution in [-0.4, -0.2) is 66.2 Å². The van der Waals surface area contributed by atoms with Gasteiger partial charge in [-0.2, -0.15) is 0 Å². The molecule has 8 nitrogen and oxygen atoms in total. The van der Waals surface area contributed by atoms with Gasteiger partial charge in [0.1, 0.15) is 6.04 Å². The first-order valence-corrected chi connectivity index (χ1v) is 10.2. The molecule has 1 aromatic rings. The van der Waals surface area contributed by atoms with Crippen LogP contribution in [0.15, 0.2) is 18.2 Å². The fraction of sp³-hybridized carbons (Fsp3) is 0.524. The number of carbonyl (C=O) groups excluding carboxylic acids is 4. The molecule has 4 atom stereocenters. The number of amides is 4. The van der Waals surface area contributed by atoms with E-state index in [1.807, 2.05) is 13.1 Å². The summed E-state index contributed by atoms with van der Waals surface area (Å²) in [5.41, 5.74) is 1.55. The first-order valence-electron chi connectivity index (χ1n) is 10.2. The molecule has 0 radical (unpaired) electrons. The van der Waals surface area contributed by atoms with Gasteiger partial charge in [-0.3, -0.25) is 29.4 Å². The largest absolute Gasteiger partial charge is 0.316 e. The van der Waals surface area contributed by atoms with E-state index in [9.17, 15) is 19.2 Å². The first-order chi connectivity index (χ1) is 14.0. The topological polar surface area (TPSA) is 98.8 Å². The maximum absolute atomic E-state index is 13.1. The lowest BCUT2D eigenvalue weighted by Crippen LogP contribution is -2.54. The number of hydrogen-bond donors (Lipinski definition) is 2. The van der Waals surface area contributed by atoms with Gasteiger partial charge in [-0.1, -0.05) is 12.1 Å². The molecule has 1 aliphatic carbocycles. The van der Waals surface area contributed by atoms with E-state index in [2.05, 4.69) is 15.5 Å². The molecule has 0 spiro atoms. The Balaban J connectivity index is 1.34. The number of fused-ring (bicyclic) bond motifs is 2. The molecule has 4 amide bonds. The summed E-state index contributed by atoms with van der Waals surface area (Å²) < 4.78 is 0. The van der Waals surface area contributed by atoms with Crippen molar-refractivity contribution < 1.29 is 19.2 Å². The van der Waals surface area contributed by atoms with Crippen LogP contribution in [0.5, 0.6) is 0 Å². The zero-order valence-corrected chi connectivity index (χ0v) is 16.3. The van der Waals surface area contributed by atoms with Gasteiger partial charge in [-0.05, 0) is 55.9 Å². The number of imide groups is 2. The number of piperidine rings is 2. The highest BCUT2D eigenvalue weighted by atomic mass is 16.2. The van der Waals surface area contributed by atoms with E-state index in [0.29, 0.717) is 23.6 Å². The molecule has 3 fully saturated rings. The Hall–Kier alpha value is -2.58. The van der Waals surface area contributed by atoms with Crippen LogP contribution in [0.1, 0.15) is 39.1 Å². The van der Waals surface area contributed by atoms with Gasteiger partial charge in [0.15, 0.2) is 0 Å². The Kier molecular flexibility index (Phi) is 4.29. The summed E-state index contributed by atoms with van der Waals surface area (Å²) in [5, 5.41) is 5.63. The maximum atomic E-state index is 13.1. The Morgan fingerprint density at radius 2 is 1.86 bits per heavy atom. The number of hydrogen-bond acceptors (Lipinski definition) is 6. The lowest BCUT2D eigenvalue weighted by atomic mass is 10.0. The average molecular weight is 396 g/mol. The van der Waals surface area contributed by atoms with Gasteiger partial charge in [0.25, 0.3) is 11.8 Å². The molecule has 2 saturated heterocycles. The fourth-order valence-corrected chi connectivity index (χ4v) is 5.25. The molecule has 2 N–H and O–H groups in total. The number of rotatable bonds is 5. The predicted molar refractivity (Wildman–Crippen MR) is 103 cm³/mol. The second-order valence-corrected chi connectivity index (χ2v) is 8.63. The molecule has 1 saturated carbocycles. The molecule has 8 heteroatoms. The molecular weight excluding hydrogens is 372 g/mol. The second-order valence-electron chi connectivity index (χ2n) is 8.63. The molecule has 29 heavy (non-hydrogen) atoms. The zero-order valence-electron chi connectivity index (χ0n) is 16.3. The minimum Gasteiger partial charge on any atom is -0.316 e. The lowest BCUT2D eigenvalue weighted by Gasteiger charge is -2.28. The summed E-state index contributed by atoms with van der Waals surface area (Å²) in [6, 6.07) is 4.38. The molecule has 2 unspecified atom stereocenters. The van der Waals surface area contributed by atoms with Crippen LogP contribution in [0, 0.1) is 17.8 Å². The zero-order chi connectivity index (χ0) is 20.3. The number of benzene rings is 1. The molecule has 0 aromatic heterocycles. The van der Waals surface area contributed by atoms with E-state index in [1.54, 1.807) is 12.1 Å². The van der Waals surface area contributed by atoms with E-state index >= 15 is 0 Å². The Bertz CT molecular complexity index is 919. The average Bonchev–Trinajstić information content (AvgIpc) is 3.01. The molecule has 152 valence electrons. The summed E-state index contributed by atoms with van der Waals surface area (Å²) in [6.45, 7) is 3.74. The maximum Gasteiger partial charge on any atom is 0.262 e. The highest BCUT2D eigenvalue weighted by Gasteiger charge is 2.52. The summed E-state index contributed by atoms with van der Waals surface area (Å²) in [5.74, 6) is 0.405. The number of nitrogens with zero attached hydrogens (tertiary/aromatic N) is 2. The van der Waals surface area contributed by atoms with Crippen molar-refractivity contribution in [3.05, 3.63) is 34.9 Å². The predicted octanol–water partition coefficient (Wildman–Crippen LogP) is -0.0150. The van der Waals surface area contributed by atoms with E-state index in [-0.39, 0.29) is 18.7 Å². The molecule has 5 rings (SSSR count). The van der Waals surface area contributed by atoms with E-state index < -0.39 is 23.8 Å². The smallest absolute Gasteiger partial charge is 0.262 e. The van der Waals surface area contributed by atoms with E-state index in [1.165, 1.54) is 0 Å². The van der Waals surface area contributed by atoms with Crippen LogP contribution in [0.3, 0.4) is 0 Å². The van der Waals surface area contributed by atoms with Gasteiger partial charge in [-0.15, -0.1) is 0 Å². The normalized spacial score (nSPS) is 30.6.